The van der Waals surface area contributed by atoms with E-state index in [2.05, 4.69) is 36.9 Å². The van der Waals surface area contributed by atoms with Crippen molar-refractivity contribution in [3.63, 3.8) is 0 Å². The van der Waals surface area contributed by atoms with Gasteiger partial charge in [0.25, 0.3) is 0 Å². The molecule has 2 saturated heterocycles. The van der Waals surface area contributed by atoms with E-state index < -0.39 is 0 Å². The molecule has 2 nitrogen and oxygen atoms in total. The first kappa shape index (κ1) is 12.0. The molecule has 0 aliphatic carbocycles. The fourth-order valence-electron chi connectivity index (χ4n) is 3.96. The molecule has 2 heteroatoms. The van der Waals surface area contributed by atoms with Crippen LogP contribution in [0.4, 0.5) is 5.69 Å². The molecule has 2 aliphatic heterocycles. The van der Waals surface area contributed by atoms with E-state index >= 15 is 0 Å². The summed E-state index contributed by atoms with van der Waals surface area (Å²) in [6, 6.07) is 8.52. The molecule has 2 aliphatic rings. The number of piperidine rings is 1. The van der Waals surface area contributed by atoms with Crippen LogP contribution in [0, 0.1) is 6.92 Å². The van der Waals surface area contributed by atoms with Crippen molar-refractivity contribution < 1.29 is 0 Å². The largest absolute Gasteiger partial charge is 0.365 e. The highest BCUT2D eigenvalue weighted by Crippen LogP contribution is 2.41. The molecule has 18 heavy (non-hydrogen) atoms. The number of hydrogen-bond donors (Lipinski definition) is 1. The first-order valence-corrected chi connectivity index (χ1v) is 7.33. The minimum absolute atomic E-state index is 0.424. The van der Waals surface area contributed by atoms with Crippen molar-refractivity contribution in [2.75, 3.05) is 4.90 Å². The van der Waals surface area contributed by atoms with Gasteiger partial charge in [-0.05, 0) is 50.2 Å². The van der Waals surface area contributed by atoms with Crippen LogP contribution in [0.2, 0.25) is 0 Å². The molecule has 0 spiro atoms. The molecule has 2 N–H and O–H groups in total. The monoisotopic (exact) mass is 244 g/mol. The van der Waals surface area contributed by atoms with Crippen molar-refractivity contribution in [3.8, 4) is 0 Å². The quantitative estimate of drug-likeness (QED) is 0.866. The molecule has 2 heterocycles. The van der Waals surface area contributed by atoms with E-state index in [9.17, 15) is 0 Å². The Morgan fingerprint density at radius 3 is 2.50 bits per heavy atom. The second kappa shape index (κ2) is 4.58. The van der Waals surface area contributed by atoms with Crippen molar-refractivity contribution in [2.24, 2.45) is 5.73 Å². The minimum atomic E-state index is 0.424. The molecule has 0 radical (unpaired) electrons. The molecule has 2 atom stereocenters. The summed E-state index contributed by atoms with van der Waals surface area (Å²) < 4.78 is 0. The molecule has 0 saturated carbocycles. The number of nitrogens with zero attached hydrogens (tertiary/aromatic N) is 1. The van der Waals surface area contributed by atoms with Crippen molar-refractivity contribution in [2.45, 2.75) is 64.1 Å². The summed E-state index contributed by atoms with van der Waals surface area (Å²) in [4.78, 5) is 2.71. The molecule has 0 aromatic heterocycles. The summed E-state index contributed by atoms with van der Waals surface area (Å²) in [5.41, 5.74) is 10.6. The van der Waals surface area contributed by atoms with Crippen LogP contribution in [0.25, 0.3) is 0 Å². The highest BCUT2D eigenvalue weighted by Gasteiger charge is 2.40. The molecule has 1 aromatic rings. The van der Waals surface area contributed by atoms with Crippen LogP contribution in [0.1, 0.15) is 43.7 Å². The van der Waals surface area contributed by atoms with Gasteiger partial charge in [-0.25, -0.2) is 0 Å². The zero-order valence-electron chi connectivity index (χ0n) is 11.5. The molecular formula is C16H24N2. The minimum Gasteiger partial charge on any atom is -0.365 e. The summed E-state index contributed by atoms with van der Waals surface area (Å²) in [6.45, 7) is 4.51. The predicted octanol–water partition coefficient (Wildman–Crippen LogP) is 3.02. The second-order valence-electron chi connectivity index (χ2n) is 5.96. The topological polar surface area (TPSA) is 29.3 Å². The summed E-state index contributed by atoms with van der Waals surface area (Å²) in [7, 11) is 0. The lowest BCUT2D eigenvalue weighted by atomic mass is 9.94. The Morgan fingerprint density at radius 1 is 1.22 bits per heavy atom. The number of para-hydroxylation sites is 1. The third-order valence-corrected chi connectivity index (χ3v) is 4.73. The molecule has 0 amide bonds. The first-order chi connectivity index (χ1) is 8.70. The molecule has 2 fully saturated rings. The average Bonchev–Trinajstić information content (AvgIpc) is 2.61. The van der Waals surface area contributed by atoms with Crippen LogP contribution in [-0.4, -0.2) is 18.1 Å². The molecule has 2 bridgehead atoms. The predicted molar refractivity (Wildman–Crippen MR) is 77.1 cm³/mol. The van der Waals surface area contributed by atoms with E-state index in [4.69, 9.17) is 5.73 Å². The molecule has 98 valence electrons. The van der Waals surface area contributed by atoms with Gasteiger partial charge in [0, 0.05) is 23.8 Å². The normalized spacial score (nSPS) is 30.8. The van der Waals surface area contributed by atoms with Gasteiger partial charge in [-0.1, -0.05) is 25.1 Å². The molecule has 2 unspecified atom stereocenters. The third-order valence-electron chi connectivity index (χ3n) is 4.73. The fourth-order valence-corrected chi connectivity index (χ4v) is 3.96. The van der Waals surface area contributed by atoms with E-state index in [0.717, 1.165) is 6.42 Å². The van der Waals surface area contributed by atoms with E-state index in [1.807, 2.05) is 0 Å². The highest BCUT2D eigenvalue weighted by atomic mass is 15.2. The number of benzene rings is 1. The number of rotatable bonds is 2. The maximum atomic E-state index is 6.18. The molecular weight excluding hydrogens is 220 g/mol. The van der Waals surface area contributed by atoms with Crippen molar-refractivity contribution >= 4 is 5.69 Å². The van der Waals surface area contributed by atoms with Gasteiger partial charge in [0.15, 0.2) is 0 Å². The van der Waals surface area contributed by atoms with Gasteiger partial charge in [-0.3, -0.25) is 0 Å². The zero-order chi connectivity index (χ0) is 12.7. The van der Waals surface area contributed by atoms with Gasteiger partial charge in [-0.15, -0.1) is 0 Å². The Morgan fingerprint density at radius 2 is 1.89 bits per heavy atom. The van der Waals surface area contributed by atoms with Crippen LogP contribution < -0.4 is 10.6 Å². The summed E-state index contributed by atoms with van der Waals surface area (Å²) in [5.74, 6) is 0. The van der Waals surface area contributed by atoms with Gasteiger partial charge in [0.2, 0.25) is 0 Å². The Kier molecular flexibility index (Phi) is 3.06. The van der Waals surface area contributed by atoms with Crippen LogP contribution >= 0.6 is 0 Å². The Balaban J connectivity index is 2.01. The average molecular weight is 244 g/mol. The molecule has 1 aromatic carbocycles. The summed E-state index contributed by atoms with van der Waals surface area (Å²) in [5, 5.41) is 0. The Hall–Kier alpha value is -1.02. The van der Waals surface area contributed by atoms with Crippen molar-refractivity contribution in [1.29, 1.82) is 0 Å². The number of nitrogens with two attached hydrogens (primary N) is 1. The van der Waals surface area contributed by atoms with Crippen LogP contribution in [-0.2, 0) is 6.42 Å². The molecule has 3 rings (SSSR count). The van der Waals surface area contributed by atoms with Gasteiger partial charge < -0.3 is 10.6 Å². The van der Waals surface area contributed by atoms with Crippen molar-refractivity contribution in [1.82, 2.24) is 0 Å². The zero-order valence-corrected chi connectivity index (χ0v) is 11.5. The number of fused-ring (bicyclic) bond motifs is 2. The first-order valence-electron chi connectivity index (χ1n) is 7.33. The standard InChI is InChI=1S/C16H24N2/c1-3-12-6-4-5-11(2)16(12)18-14-7-8-15(18)10-13(17)9-14/h4-6,13-15H,3,7-10,17H2,1-2H3. The van der Waals surface area contributed by atoms with Crippen LogP contribution in [0.3, 0.4) is 0 Å². The summed E-state index contributed by atoms with van der Waals surface area (Å²) >= 11 is 0. The van der Waals surface area contributed by atoms with Crippen molar-refractivity contribution in [3.05, 3.63) is 29.3 Å². The lowest BCUT2D eigenvalue weighted by Crippen LogP contribution is -2.48. The maximum Gasteiger partial charge on any atom is 0.0433 e. The van der Waals surface area contributed by atoms with Crippen LogP contribution in [0.15, 0.2) is 18.2 Å². The third kappa shape index (κ3) is 1.83. The smallest absolute Gasteiger partial charge is 0.0433 e. The van der Waals surface area contributed by atoms with Gasteiger partial charge in [-0.2, -0.15) is 0 Å². The van der Waals surface area contributed by atoms with E-state index in [1.165, 1.54) is 42.5 Å². The van der Waals surface area contributed by atoms with E-state index in [0.29, 0.717) is 18.1 Å². The Bertz CT molecular complexity index is 427. The highest BCUT2D eigenvalue weighted by molar-refractivity contribution is 5.62. The number of hydrogen-bond acceptors (Lipinski definition) is 2. The van der Waals surface area contributed by atoms with E-state index in [-0.39, 0.29) is 0 Å². The van der Waals surface area contributed by atoms with E-state index in [1.54, 1.807) is 0 Å². The lowest BCUT2D eigenvalue weighted by Gasteiger charge is -2.41. The lowest BCUT2D eigenvalue weighted by molar-refractivity contribution is 0.413. The Labute approximate surface area is 110 Å². The van der Waals surface area contributed by atoms with Gasteiger partial charge >= 0.3 is 0 Å². The van der Waals surface area contributed by atoms with Gasteiger partial charge in [0.1, 0.15) is 0 Å². The van der Waals surface area contributed by atoms with Crippen LogP contribution in [0.5, 0.6) is 0 Å². The van der Waals surface area contributed by atoms with Gasteiger partial charge in [0.05, 0.1) is 0 Å². The number of anilines is 1. The summed E-state index contributed by atoms with van der Waals surface area (Å²) in [6.07, 6.45) is 6.13. The SMILES string of the molecule is CCc1cccc(C)c1N1C2CCC1CC(N)C2. The second-order valence-corrected chi connectivity index (χ2v) is 5.96. The fraction of sp³-hybridized carbons (Fsp3) is 0.625. The number of aryl methyl sites for hydroxylation is 2. The maximum absolute atomic E-state index is 6.18.